The SMILES string of the molecule is CSc1ccc(CC(=O)OCCC23CC4C(CC[C@H]4C)C4(C=O)CC2C=C(C(C)C)C43C(=O)O)cc1. The predicted molar refractivity (Wildman–Crippen MR) is 140 cm³/mol. The van der Waals surface area contributed by atoms with Gasteiger partial charge in [0.2, 0.25) is 0 Å². The molecule has 3 fully saturated rings. The molecule has 4 bridgehead atoms. The van der Waals surface area contributed by atoms with Crippen molar-refractivity contribution in [1.29, 1.82) is 0 Å². The van der Waals surface area contributed by atoms with E-state index in [0.717, 1.165) is 41.6 Å². The number of rotatable bonds is 9. The van der Waals surface area contributed by atoms with Crippen LogP contribution in [0, 0.1) is 45.8 Å². The van der Waals surface area contributed by atoms with Gasteiger partial charge in [-0.15, -0.1) is 11.8 Å². The van der Waals surface area contributed by atoms with Crippen LogP contribution < -0.4 is 0 Å². The Balaban J connectivity index is 1.44. The van der Waals surface area contributed by atoms with Gasteiger partial charge in [0.25, 0.3) is 0 Å². The topological polar surface area (TPSA) is 80.7 Å². The van der Waals surface area contributed by atoms with Crippen molar-refractivity contribution in [3.05, 3.63) is 41.5 Å². The van der Waals surface area contributed by atoms with Crippen LogP contribution in [0.2, 0.25) is 0 Å². The highest BCUT2D eigenvalue weighted by molar-refractivity contribution is 7.98. The zero-order valence-corrected chi connectivity index (χ0v) is 22.6. The Labute approximate surface area is 218 Å². The summed E-state index contributed by atoms with van der Waals surface area (Å²) in [5, 5.41) is 11.0. The molecule has 0 aromatic heterocycles. The van der Waals surface area contributed by atoms with Crippen molar-refractivity contribution in [1.82, 2.24) is 0 Å². The average Bonchev–Trinajstić information content (AvgIpc) is 3.42. The van der Waals surface area contributed by atoms with E-state index in [4.69, 9.17) is 4.74 Å². The summed E-state index contributed by atoms with van der Waals surface area (Å²) < 4.78 is 5.75. The Bertz CT molecular complexity index is 1090. The molecule has 4 aliphatic rings. The lowest BCUT2D eigenvalue weighted by Gasteiger charge is -2.58. The molecule has 7 atom stereocenters. The summed E-state index contributed by atoms with van der Waals surface area (Å²) >= 11 is 1.66. The van der Waals surface area contributed by atoms with Crippen LogP contribution in [-0.4, -0.2) is 36.2 Å². The van der Waals surface area contributed by atoms with Crippen molar-refractivity contribution in [2.75, 3.05) is 12.9 Å². The maximum atomic E-state index is 13.4. The van der Waals surface area contributed by atoms with Gasteiger partial charge in [0.1, 0.15) is 11.7 Å². The fraction of sp³-hybridized carbons (Fsp3) is 0.633. The number of thioether (sulfide) groups is 1. The molecule has 36 heavy (non-hydrogen) atoms. The van der Waals surface area contributed by atoms with E-state index in [9.17, 15) is 19.5 Å². The number of hydrogen-bond acceptors (Lipinski definition) is 5. The van der Waals surface area contributed by atoms with Gasteiger partial charge in [-0.3, -0.25) is 9.59 Å². The van der Waals surface area contributed by atoms with E-state index in [1.54, 1.807) is 11.8 Å². The van der Waals surface area contributed by atoms with Gasteiger partial charge in [-0.05, 0) is 79.2 Å². The fourth-order valence-corrected chi connectivity index (χ4v) is 9.55. The first-order chi connectivity index (χ1) is 17.2. The monoisotopic (exact) mass is 510 g/mol. The minimum Gasteiger partial charge on any atom is -0.481 e. The van der Waals surface area contributed by atoms with Crippen molar-refractivity contribution in [2.24, 2.45) is 45.8 Å². The summed E-state index contributed by atoms with van der Waals surface area (Å²) in [6, 6.07) is 7.89. The van der Waals surface area contributed by atoms with Gasteiger partial charge in [-0.2, -0.15) is 0 Å². The molecular weight excluding hydrogens is 472 g/mol. The van der Waals surface area contributed by atoms with E-state index in [1.165, 1.54) is 0 Å². The fourth-order valence-electron chi connectivity index (χ4n) is 9.14. The van der Waals surface area contributed by atoms with E-state index in [1.807, 2.05) is 30.5 Å². The Hall–Kier alpha value is -2.08. The van der Waals surface area contributed by atoms with Gasteiger partial charge in [0.15, 0.2) is 0 Å². The number of hydrogen-bond donors (Lipinski definition) is 1. The van der Waals surface area contributed by atoms with E-state index in [-0.39, 0.29) is 36.8 Å². The molecule has 4 aliphatic carbocycles. The zero-order chi connectivity index (χ0) is 25.9. The summed E-state index contributed by atoms with van der Waals surface area (Å²) in [5.41, 5.74) is -0.820. The maximum Gasteiger partial charge on any atom is 0.315 e. The Kier molecular flexibility index (Phi) is 6.42. The Morgan fingerprint density at radius 2 is 1.92 bits per heavy atom. The summed E-state index contributed by atoms with van der Waals surface area (Å²) in [6.07, 6.45) is 9.33. The van der Waals surface area contributed by atoms with Crippen LogP contribution in [0.1, 0.15) is 58.4 Å². The number of carboxylic acids is 1. The molecule has 1 N–H and O–H groups in total. The minimum atomic E-state index is -1.20. The summed E-state index contributed by atoms with van der Waals surface area (Å²) in [6.45, 7) is 6.55. The van der Waals surface area contributed by atoms with Crippen LogP contribution in [0.3, 0.4) is 0 Å². The van der Waals surface area contributed by atoms with Gasteiger partial charge >= 0.3 is 11.9 Å². The normalized spacial score (nSPS) is 38.1. The maximum absolute atomic E-state index is 13.4. The highest BCUT2D eigenvalue weighted by atomic mass is 32.2. The number of carbonyl (C=O) groups is 3. The Morgan fingerprint density at radius 3 is 2.53 bits per heavy atom. The van der Waals surface area contributed by atoms with Gasteiger partial charge in [-0.25, -0.2) is 0 Å². The first-order valence-electron chi connectivity index (χ1n) is 13.4. The van der Waals surface area contributed by atoms with Crippen molar-refractivity contribution in [2.45, 2.75) is 64.2 Å². The number of fused-ring (bicyclic) bond motifs is 2. The molecule has 1 aromatic carbocycles. The third kappa shape index (κ3) is 3.25. The number of allylic oxidation sites excluding steroid dienone is 1. The van der Waals surface area contributed by atoms with Gasteiger partial charge < -0.3 is 14.6 Å². The standard InChI is InChI=1S/C30H38O5S/c1-18(2)25-14-21-15-29(17-31)24-10-5-19(3)23(24)16-28(21,30(25,29)27(33)34)11-12-35-26(32)13-20-6-8-22(36-4)9-7-20/h6-9,14,17-19,21,23-24H,5,10-13,15-16H2,1-4H3,(H,33,34)/t19-,21?,23?,24?,28?,29?,30?/m1/s1. The summed E-state index contributed by atoms with van der Waals surface area (Å²) in [7, 11) is 0. The van der Waals surface area contributed by atoms with E-state index in [0.29, 0.717) is 24.7 Å². The van der Waals surface area contributed by atoms with Crippen LogP contribution in [-0.2, 0) is 25.5 Å². The first kappa shape index (κ1) is 25.6. The molecule has 1 aromatic rings. The number of ether oxygens (including phenoxy) is 1. The number of benzene rings is 1. The second-order valence-corrected chi connectivity index (χ2v) is 12.9. The quantitative estimate of drug-likeness (QED) is 0.195. The lowest BCUT2D eigenvalue weighted by molar-refractivity contribution is -0.182. The molecule has 6 unspecified atom stereocenters. The molecule has 5 nitrogen and oxygen atoms in total. The summed E-state index contributed by atoms with van der Waals surface area (Å²) in [5.74, 6) is -0.121. The molecule has 5 rings (SSSR count). The van der Waals surface area contributed by atoms with E-state index < -0.39 is 22.2 Å². The molecule has 0 aliphatic heterocycles. The van der Waals surface area contributed by atoms with Crippen LogP contribution in [0.5, 0.6) is 0 Å². The summed E-state index contributed by atoms with van der Waals surface area (Å²) in [4.78, 5) is 40.3. The van der Waals surface area contributed by atoms with Gasteiger partial charge in [-0.1, -0.05) is 51.0 Å². The Morgan fingerprint density at radius 1 is 1.19 bits per heavy atom. The van der Waals surface area contributed by atoms with Crippen molar-refractivity contribution in [3.63, 3.8) is 0 Å². The number of aldehydes is 1. The second-order valence-electron chi connectivity index (χ2n) is 12.0. The molecule has 194 valence electrons. The van der Waals surface area contributed by atoms with E-state index >= 15 is 0 Å². The molecule has 6 heteroatoms. The van der Waals surface area contributed by atoms with Crippen LogP contribution >= 0.6 is 11.8 Å². The van der Waals surface area contributed by atoms with Gasteiger partial charge in [0, 0.05) is 10.3 Å². The van der Waals surface area contributed by atoms with Crippen molar-refractivity contribution < 1.29 is 24.2 Å². The van der Waals surface area contributed by atoms with Crippen LogP contribution in [0.25, 0.3) is 0 Å². The molecule has 0 radical (unpaired) electrons. The third-order valence-electron chi connectivity index (χ3n) is 10.4. The molecular formula is C30H38O5S. The predicted octanol–water partition coefficient (Wildman–Crippen LogP) is 5.81. The first-order valence-corrected chi connectivity index (χ1v) is 14.6. The van der Waals surface area contributed by atoms with Gasteiger partial charge in [0.05, 0.1) is 18.4 Å². The average molecular weight is 511 g/mol. The number of carboxylic acid groups (broad SMARTS) is 1. The van der Waals surface area contributed by atoms with Crippen LogP contribution in [0.15, 0.2) is 40.8 Å². The molecule has 3 saturated carbocycles. The van der Waals surface area contributed by atoms with Crippen molar-refractivity contribution in [3.8, 4) is 0 Å². The highest BCUT2D eigenvalue weighted by Gasteiger charge is 2.83. The molecule has 0 amide bonds. The number of carbonyl (C=O) groups excluding carboxylic acids is 2. The number of esters is 1. The molecule has 0 spiro atoms. The van der Waals surface area contributed by atoms with Crippen molar-refractivity contribution >= 4 is 30.0 Å². The second kappa shape index (κ2) is 9.04. The number of aliphatic carboxylic acids is 1. The largest absolute Gasteiger partial charge is 0.481 e. The van der Waals surface area contributed by atoms with E-state index in [2.05, 4.69) is 26.8 Å². The third-order valence-corrected chi connectivity index (χ3v) is 11.2. The lowest BCUT2D eigenvalue weighted by atomic mass is 9.42. The lowest BCUT2D eigenvalue weighted by Crippen LogP contribution is -2.62. The van der Waals surface area contributed by atoms with Crippen LogP contribution in [0.4, 0.5) is 0 Å². The zero-order valence-electron chi connectivity index (χ0n) is 21.8. The highest BCUT2D eigenvalue weighted by Crippen LogP contribution is 2.83. The smallest absolute Gasteiger partial charge is 0.315 e. The minimum absolute atomic E-state index is 0.0341. The molecule has 0 saturated heterocycles. The molecule has 0 heterocycles.